The lowest BCUT2D eigenvalue weighted by Gasteiger charge is -2.07. The summed E-state index contributed by atoms with van der Waals surface area (Å²) in [6.07, 6.45) is 0. The molecule has 0 radical (unpaired) electrons. The number of fused-ring (bicyclic) bond motifs is 1. The number of aromatic nitrogens is 1. The zero-order valence-electron chi connectivity index (χ0n) is 9.33. The number of thiazole rings is 1. The van der Waals surface area contributed by atoms with E-state index >= 15 is 0 Å². The van der Waals surface area contributed by atoms with Gasteiger partial charge >= 0.3 is 0 Å². The Labute approximate surface area is 112 Å². The Morgan fingerprint density at radius 2 is 2.11 bits per heavy atom. The normalized spacial score (nSPS) is 12.2. The van der Waals surface area contributed by atoms with Gasteiger partial charge in [0.2, 0.25) is 0 Å². The third-order valence-corrected chi connectivity index (χ3v) is 4.42. The minimum Gasteiger partial charge on any atom is -0.341 e. The molecule has 18 heavy (non-hydrogen) atoms. The molecule has 2 aromatic heterocycles. The van der Waals surface area contributed by atoms with Crippen LogP contribution in [0.25, 0.3) is 10.2 Å². The van der Waals surface area contributed by atoms with Crippen LogP contribution in [-0.2, 0) is 0 Å². The predicted octanol–water partition coefficient (Wildman–Crippen LogP) is 4.03. The summed E-state index contributed by atoms with van der Waals surface area (Å²) in [7, 11) is 0. The molecular weight excluding hydrogens is 262 g/mol. The van der Waals surface area contributed by atoms with Gasteiger partial charge in [-0.2, -0.15) is 5.26 Å². The van der Waals surface area contributed by atoms with E-state index in [1.165, 1.54) is 0 Å². The molecule has 3 rings (SSSR count). The van der Waals surface area contributed by atoms with Crippen molar-refractivity contribution in [2.24, 2.45) is 0 Å². The molecule has 0 unspecified atom stereocenters. The minimum atomic E-state index is -0.328. The number of hydrogen-bond acceptors (Lipinski definition) is 5. The molecule has 1 atom stereocenters. The summed E-state index contributed by atoms with van der Waals surface area (Å²) in [6, 6.07) is 13.8. The summed E-state index contributed by atoms with van der Waals surface area (Å²) < 4.78 is 1.13. The summed E-state index contributed by atoms with van der Waals surface area (Å²) in [5.74, 6) is 0. The lowest BCUT2D eigenvalue weighted by Crippen LogP contribution is -2.06. The van der Waals surface area contributed by atoms with Crippen LogP contribution in [-0.4, -0.2) is 4.98 Å². The van der Waals surface area contributed by atoms with E-state index in [1.807, 2.05) is 41.8 Å². The van der Waals surface area contributed by atoms with Gasteiger partial charge in [-0.3, -0.25) is 0 Å². The van der Waals surface area contributed by atoms with Crippen LogP contribution < -0.4 is 5.32 Å². The van der Waals surface area contributed by atoms with Gasteiger partial charge in [0.25, 0.3) is 0 Å². The first-order valence-corrected chi connectivity index (χ1v) is 7.11. The lowest BCUT2D eigenvalue weighted by atomic mass is 10.3. The highest BCUT2D eigenvalue weighted by Crippen LogP contribution is 2.29. The third kappa shape index (κ3) is 2.08. The average molecular weight is 271 g/mol. The van der Waals surface area contributed by atoms with Crippen molar-refractivity contribution in [3.63, 3.8) is 0 Å². The van der Waals surface area contributed by atoms with E-state index in [2.05, 4.69) is 16.4 Å². The van der Waals surface area contributed by atoms with Crippen molar-refractivity contribution in [1.82, 2.24) is 4.98 Å². The molecule has 0 saturated heterocycles. The Bertz CT molecular complexity index is 661. The summed E-state index contributed by atoms with van der Waals surface area (Å²) in [6.45, 7) is 0. The molecule has 1 N–H and O–H groups in total. The number of nitrogens with zero attached hydrogens (tertiary/aromatic N) is 2. The zero-order chi connectivity index (χ0) is 12.4. The Morgan fingerprint density at radius 1 is 1.22 bits per heavy atom. The first kappa shape index (κ1) is 11.2. The van der Waals surface area contributed by atoms with Crippen LogP contribution in [0, 0.1) is 11.3 Å². The quantitative estimate of drug-likeness (QED) is 0.782. The molecule has 0 spiro atoms. The van der Waals surface area contributed by atoms with E-state index in [9.17, 15) is 5.26 Å². The Kier molecular flexibility index (Phi) is 2.97. The van der Waals surface area contributed by atoms with Crippen molar-refractivity contribution in [3.8, 4) is 6.07 Å². The van der Waals surface area contributed by atoms with Gasteiger partial charge in [-0.1, -0.05) is 29.5 Å². The first-order chi connectivity index (χ1) is 8.86. The molecule has 0 amide bonds. The Balaban J connectivity index is 1.89. The summed E-state index contributed by atoms with van der Waals surface area (Å²) in [5.41, 5.74) is 0.966. The lowest BCUT2D eigenvalue weighted by molar-refractivity contribution is 1.02. The molecule has 0 aliphatic rings. The maximum atomic E-state index is 9.21. The fourth-order valence-corrected chi connectivity index (χ4v) is 3.29. The standard InChI is InChI=1S/C13H9N3S2/c14-8-10(11-6-3-7-17-11)16-13-15-9-4-1-2-5-12(9)18-13/h1-7,10H,(H,15,16)/t10-/m1/s1. The van der Waals surface area contributed by atoms with Crippen molar-refractivity contribution in [3.05, 3.63) is 46.7 Å². The fraction of sp³-hybridized carbons (Fsp3) is 0.0769. The first-order valence-electron chi connectivity index (χ1n) is 5.42. The van der Waals surface area contributed by atoms with E-state index in [0.29, 0.717) is 0 Å². The number of nitrogens with one attached hydrogen (secondary N) is 1. The van der Waals surface area contributed by atoms with E-state index in [1.54, 1.807) is 22.7 Å². The van der Waals surface area contributed by atoms with E-state index in [0.717, 1.165) is 20.2 Å². The third-order valence-electron chi connectivity index (χ3n) is 2.52. The van der Waals surface area contributed by atoms with Gasteiger partial charge in [-0.25, -0.2) is 4.98 Å². The molecule has 88 valence electrons. The van der Waals surface area contributed by atoms with E-state index < -0.39 is 0 Å². The van der Waals surface area contributed by atoms with Crippen molar-refractivity contribution < 1.29 is 0 Å². The van der Waals surface area contributed by atoms with Crippen LogP contribution in [0.3, 0.4) is 0 Å². The van der Waals surface area contributed by atoms with Crippen LogP contribution >= 0.6 is 22.7 Å². The second kappa shape index (κ2) is 4.77. The number of anilines is 1. The summed E-state index contributed by atoms with van der Waals surface area (Å²) in [5, 5.41) is 15.1. The van der Waals surface area contributed by atoms with Crippen LogP contribution in [0.4, 0.5) is 5.13 Å². The molecule has 0 aliphatic carbocycles. The molecule has 1 aromatic carbocycles. The molecule has 0 aliphatic heterocycles. The topological polar surface area (TPSA) is 48.7 Å². The predicted molar refractivity (Wildman–Crippen MR) is 75.9 cm³/mol. The molecule has 5 heteroatoms. The summed E-state index contributed by atoms with van der Waals surface area (Å²) >= 11 is 3.14. The SMILES string of the molecule is N#C[C@@H](Nc1nc2ccccc2s1)c1cccs1. The second-order valence-corrected chi connectivity index (χ2v) is 5.72. The van der Waals surface area contributed by atoms with E-state index in [-0.39, 0.29) is 6.04 Å². The van der Waals surface area contributed by atoms with Crippen molar-refractivity contribution in [1.29, 1.82) is 5.26 Å². The Hall–Kier alpha value is -1.90. The van der Waals surface area contributed by atoms with Crippen LogP contribution in [0.2, 0.25) is 0 Å². The van der Waals surface area contributed by atoms with Gasteiger partial charge in [-0.15, -0.1) is 11.3 Å². The highest BCUT2D eigenvalue weighted by Gasteiger charge is 2.13. The summed E-state index contributed by atoms with van der Waals surface area (Å²) in [4.78, 5) is 5.48. The maximum Gasteiger partial charge on any atom is 0.185 e. The highest BCUT2D eigenvalue weighted by atomic mass is 32.1. The fourth-order valence-electron chi connectivity index (χ4n) is 1.68. The number of nitriles is 1. The molecule has 0 saturated carbocycles. The van der Waals surface area contributed by atoms with Crippen LogP contribution in [0.1, 0.15) is 10.9 Å². The smallest absolute Gasteiger partial charge is 0.185 e. The molecule has 2 heterocycles. The van der Waals surface area contributed by atoms with Gasteiger partial charge in [0.05, 0.1) is 16.3 Å². The van der Waals surface area contributed by atoms with Crippen LogP contribution in [0.15, 0.2) is 41.8 Å². The average Bonchev–Trinajstić information content (AvgIpc) is 3.04. The number of hydrogen-bond donors (Lipinski definition) is 1. The van der Waals surface area contributed by atoms with Gasteiger partial charge in [0, 0.05) is 4.88 Å². The molecular formula is C13H9N3S2. The maximum absolute atomic E-state index is 9.21. The minimum absolute atomic E-state index is 0.328. The van der Waals surface area contributed by atoms with Crippen molar-refractivity contribution in [2.75, 3.05) is 5.32 Å². The highest BCUT2D eigenvalue weighted by molar-refractivity contribution is 7.22. The zero-order valence-corrected chi connectivity index (χ0v) is 11.0. The number of benzene rings is 1. The molecule has 3 nitrogen and oxygen atoms in total. The van der Waals surface area contributed by atoms with Gasteiger partial charge in [0.1, 0.15) is 0 Å². The van der Waals surface area contributed by atoms with Gasteiger partial charge in [-0.05, 0) is 23.6 Å². The van der Waals surface area contributed by atoms with Crippen molar-refractivity contribution >= 4 is 38.0 Å². The van der Waals surface area contributed by atoms with Crippen molar-refractivity contribution in [2.45, 2.75) is 6.04 Å². The monoisotopic (exact) mass is 271 g/mol. The Morgan fingerprint density at radius 3 is 2.83 bits per heavy atom. The van der Waals surface area contributed by atoms with E-state index in [4.69, 9.17) is 0 Å². The molecule has 0 bridgehead atoms. The number of thiophene rings is 1. The largest absolute Gasteiger partial charge is 0.341 e. The van der Waals surface area contributed by atoms with Crippen LogP contribution in [0.5, 0.6) is 0 Å². The number of rotatable bonds is 3. The number of para-hydroxylation sites is 1. The molecule has 0 fully saturated rings. The van der Waals surface area contributed by atoms with Gasteiger partial charge < -0.3 is 5.32 Å². The van der Waals surface area contributed by atoms with Gasteiger partial charge in [0.15, 0.2) is 11.2 Å². The second-order valence-electron chi connectivity index (χ2n) is 3.71. The molecule has 3 aromatic rings.